The molecule has 0 aliphatic carbocycles. The summed E-state index contributed by atoms with van der Waals surface area (Å²) in [6, 6.07) is -1.33. The number of amides is 1. The largest absolute Gasteiger partial charge is 0.464 e. The number of rotatable bonds is 8. The highest BCUT2D eigenvalue weighted by Crippen LogP contribution is 2.10. The predicted molar refractivity (Wildman–Crippen MR) is 67.8 cm³/mol. The van der Waals surface area contributed by atoms with Crippen LogP contribution < -0.4 is 5.73 Å². The molecule has 0 spiro atoms. The summed E-state index contributed by atoms with van der Waals surface area (Å²) >= 11 is 0. The molecule has 0 aromatic rings. The Kier molecular flexibility index (Phi) is 8.32. The van der Waals surface area contributed by atoms with Crippen molar-refractivity contribution in [2.24, 2.45) is 5.73 Å². The lowest BCUT2D eigenvalue weighted by Crippen LogP contribution is -2.53. The average Bonchev–Trinajstić information content (AvgIpc) is 2.37. The number of hydrogen-bond acceptors (Lipinski definition) is 5. The maximum atomic E-state index is 12.1. The third kappa shape index (κ3) is 4.62. The first kappa shape index (κ1) is 16.9. The molecule has 0 bridgehead atoms. The van der Waals surface area contributed by atoms with Gasteiger partial charge in [-0.3, -0.25) is 4.79 Å². The summed E-state index contributed by atoms with van der Waals surface area (Å²) < 4.78 is 4.73. The Morgan fingerprint density at radius 2 is 1.83 bits per heavy atom. The second-order valence-corrected chi connectivity index (χ2v) is 3.96. The van der Waals surface area contributed by atoms with E-state index in [0.29, 0.717) is 0 Å². The Balaban J connectivity index is 4.78. The number of nitrogens with two attached hydrogens (primary N) is 1. The van der Waals surface area contributed by atoms with Crippen molar-refractivity contribution in [2.45, 2.75) is 45.7 Å². The monoisotopic (exact) mass is 260 g/mol. The van der Waals surface area contributed by atoms with Crippen LogP contribution in [0.4, 0.5) is 0 Å². The van der Waals surface area contributed by atoms with Gasteiger partial charge in [0.1, 0.15) is 0 Å². The van der Waals surface area contributed by atoms with Crippen molar-refractivity contribution in [3.8, 4) is 0 Å². The number of hydrogen-bond donors (Lipinski definition) is 2. The minimum Gasteiger partial charge on any atom is -0.464 e. The standard InChI is InChI=1S/C12H24N2O4/c1-4-9(5-2)14(7-8-15)11(16)10(13)12(17)18-6-3/h9-10,15H,4-8,13H2,1-3H3. The van der Waals surface area contributed by atoms with Gasteiger partial charge in [-0.2, -0.15) is 0 Å². The lowest BCUT2D eigenvalue weighted by atomic mass is 10.1. The fourth-order valence-electron chi connectivity index (χ4n) is 1.82. The molecule has 3 N–H and O–H groups in total. The molecule has 106 valence electrons. The number of carbonyl (C=O) groups excluding carboxylic acids is 2. The van der Waals surface area contributed by atoms with Gasteiger partial charge in [-0.05, 0) is 19.8 Å². The summed E-state index contributed by atoms with van der Waals surface area (Å²) in [5.41, 5.74) is 5.58. The van der Waals surface area contributed by atoms with Crippen molar-refractivity contribution in [1.82, 2.24) is 4.90 Å². The zero-order chi connectivity index (χ0) is 14.1. The number of carbonyl (C=O) groups is 2. The van der Waals surface area contributed by atoms with Gasteiger partial charge >= 0.3 is 5.97 Å². The van der Waals surface area contributed by atoms with E-state index in [4.69, 9.17) is 15.6 Å². The Hall–Kier alpha value is -1.14. The van der Waals surface area contributed by atoms with Crippen LogP contribution in [0.5, 0.6) is 0 Å². The fourth-order valence-corrected chi connectivity index (χ4v) is 1.82. The summed E-state index contributed by atoms with van der Waals surface area (Å²) in [5, 5.41) is 9.00. The van der Waals surface area contributed by atoms with Crippen LogP contribution in [-0.4, -0.2) is 53.7 Å². The molecule has 0 heterocycles. The van der Waals surface area contributed by atoms with Gasteiger partial charge in [0.2, 0.25) is 0 Å². The molecule has 6 heteroatoms. The van der Waals surface area contributed by atoms with Crippen molar-refractivity contribution in [3.63, 3.8) is 0 Å². The molecule has 0 aromatic heterocycles. The lowest BCUT2D eigenvalue weighted by Gasteiger charge is -2.31. The Morgan fingerprint density at radius 1 is 1.28 bits per heavy atom. The van der Waals surface area contributed by atoms with Gasteiger partial charge in [0, 0.05) is 12.6 Å². The van der Waals surface area contributed by atoms with E-state index in [9.17, 15) is 9.59 Å². The molecule has 1 amide bonds. The first-order chi connectivity index (χ1) is 8.53. The molecule has 18 heavy (non-hydrogen) atoms. The van der Waals surface area contributed by atoms with Crippen LogP contribution in [0.1, 0.15) is 33.6 Å². The number of ether oxygens (including phenoxy) is 1. The molecular weight excluding hydrogens is 236 g/mol. The van der Waals surface area contributed by atoms with Crippen molar-refractivity contribution in [2.75, 3.05) is 19.8 Å². The van der Waals surface area contributed by atoms with E-state index >= 15 is 0 Å². The second-order valence-electron chi connectivity index (χ2n) is 3.96. The Bertz CT molecular complexity index is 267. The van der Waals surface area contributed by atoms with Crippen LogP contribution >= 0.6 is 0 Å². The molecule has 0 saturated carbocycles. The smallest absolute Gasteiger partial charge is 0.332 e. The van der Waals surface area contributed by atoms with Crippen LogP contribution in [0.25, 0.3) is 0 Å². The maximum absolute atomic E-state index is 12.1. The van der Waals surface area contributed by atoms with Crippen LogP contribution in [0.15, 0.2) is 0 Å². The third-order valence-corrected chi connectivity index (χ3v) is 2.81. The highest BCUT2D eigenvalue weighted by molar-refractivity contribution is 6.01. The molecule has 0 aromatic carbocycles. The third-order valence-electron chi connectivity index (χ3n) is 2.81. The molecule has 0 aliphatic rings. The summed E-state index contributed by atoms with van der Waals surface area (Å²) in [7, 11) is 0. The summed E-state index contributed by atoms with van der Waals surface area (Å²) in [5.74, 6) is -1.22. The molecule has 0 rings (SSSR count). The van der Waals surface area contributed by atoms with Gasteiger partial charge in [-0.1, -0.05) is 13.8 Å². The van der Waals surface area contributed by atoms with Crippen molar-refractivity contribution < 1.29 is 19.4 Å². The van der Waals surface area contributed by atoms with Gasteiger partial charge in [0.15, 0.2) is 6.04 Å². The van der Waals surface area contributed by atoms with Crippen LogP contribution in [0.3, 0.4) is 0 Å². The average molecular weight is 260 g/mol. The van der Waals surface area contributed by atoms with Crippen LogP contribution in [0, 0.1) is 0 Å². The van der Waals surface area contributed by atoms with E-state index < -0.39 is 17.9 Å². The predicted octanol–water partition coefficient (Wildman–Crippen LogP) is -0.114. The lowest BCUT2D eigenvalue weighted by molar-refractivity contribution is -0.152. The van der Waals surface area contributed by atoms with E-state index in [-0.39, 0.29) is 25.8 Å². The molecule has 6 nitrogen and oxygen atoms in total. The van der Waals surface area contributed by atoms with Crippen molar-refractivity contribution in [1.29, 1.82) is 0 Å². The molecule has 1 atom stereocenters. The first-order valence-corrected chi connectivity index (χ1v) is 6.36. The number of aliphatic hydroxyl groups is 1. The molecule has 0 fully saturated rings. The molecule has 0 saturated heterocycles. The first-order valence-electron chi connectivity index (χ1n) is 6.36. The van der Waals surface area contributed by atoms with Gasteiger partial charge in [0.25, 0.3) is 5.91 Å². The zero-order valence-electron chi connectivity index (χ0n) is 11.4. The minimum atomic E-state index is -1.31. The van der Waals surface area contributed by atoms with E-state index in [1.807, 2.05) is 13.8 Å². The van der Waals surface area contributed by atoms with Gasteiger partial charge < -0.3 is 20.5 Å². The zero-order valence-corrected chi connectivity index (χ0v) is 11.4. The Morgan fingerprint density at radius 3 is 2.22 bits per heavy atom. The maximum Gasteiger partial charge on any atom is 0.332 e. The quantitative estimate of drug-likeness (QED) is 0.469. The topological polar surface area (TPSA) is 92.9 Å². The van der Waals surface area contributed by atoms with Gasteiger partial charge in [-0.25, -0.2) is 4.79 Å². The molecule has 0 radical (unpaired) electrons. The summed E-state index contributed by atoms with van der Waals surface area (Å²) in [4.78, 5) is 25.0. The van der Waals surface area contributed by atoms with Crippen molar-refractivity contribution in [3.05, 3.63) is 0 Å². The SMILES string of the molecule is CCOC(=O)C(N)C(=O)N(CCO)C(CC)CC. The number of esters is 1. The van der Waals surface area contributed by atoms with Crippen molar-refractivity contribution >= 4 is 11.9 Å². The van der Waals surface area contributed by atoms with Gasteiger partial charge in [0.05, 0.1) is 13.2 Å². The molecule has 1 unspecified atom stereocenters. The van der Waals surface area contributed by atoms with Gasteiger partial charge in [-0.15, -0.1) is 0 Å². The van der Waals surface area contributed by atoms with Crippen LogP contribution in [0.2, 0.25) is 0 Å². The highest BCUT2D eigenvalue weighted by Gasteiger charge is 2.30. The molecular formula is C12H24N2O4. The summed E-state index contributed by atoms with van der Waals surface area (Å²) in [6.07, 6.45) is 1.50. The highest BCUT2D eigenvalue weighted by atomic mass is 16.5. The fraction of sp³-hybridized carbons (Fsp3) is 0.833. The normalized spacial score (nSPS) is 12.3. The van der Waals surface area contributed by atoms with Crippen LogP contribution in [-0.2, 0) is 14.3 Å². The number of nitrogens with zero attached hydrogens (tertiary/aromatic N) is 1. The van der Waals surface area contributed by atoms with E-state index in [0.717, 1.165) is 12.8 Å². The van der Waals surface area contributed by atoms with E-state index in [1.54, 1.807) is 6.92 Å². The Labute approximate surface area is 108 Å². The summed E-state index contributed by atoms with van der Waals surface area (Å²) in [6.45, 7) is 5.76. The molecule has 0 aliphatic heterocycles. The number of aliphatic hydroxyl groups excluding tert-OH is 1. The van der Waals surface area contributed by atoms with E-state index in [2.05, 4.69) is 0 Å². The minimum absolute atomic E-state index is 0.0230. The van der Waals surface area contributed by atoms with E-state index in [1.165, 1.54) is 4.90 Å². The second kappa shape index (κ2) is 8.88.